The summed E-state index contributed by atoms with van der Waals surface area (Å²) in [6.07, 6.45) is 2.59. The van der Waals surface area contributed by atoms with Crippen LogP contribution < -0.4 is 10.5 Å². The number of hydrogen-bond donors (Lipinski definition) is 2. The van der Waals surface area contributed by atoms with Gasteiger partial charge in [0.15, 0.2) is 0 Å². The number of halogens is 1. The Kier molecular flexibility index (Phi) is 4.09. The van der Waals surface area contributed by atoms with Gasteiger partial charge in [0.05, 0.1) is 17.2 Å². The highest BCUT2D eigenvalue weighted by molar-refractivity contribution is 6.34. The Bertz CT molecular complexity index is 451. The molecule has 0 aromatic heterocycles. The average molecular weight is 269 g/mol. The molecule has 1 aliphatic rings. The number of amidine groups is 1. The predicted octanol–water partition coefficient (Wildman–Crippen LogP) is 2.57. The minimum Gasteiger partial charge on any atom is -0.491 e. The molecule has 98 valence electrons. The van der Waals surface area contributed by atoms with Gasteiger partial charge in [-0.05, 0) is 38.0 Å². The second-order valence-corrected chi connectivity index (χ2v) is 4.92. The lowest BCUT2D eigenvalue weighted by Gasteiger charge is -2.13. The van der Waals surface area contributed by atoms with Crippen molar-refractivity contribution < 1.29 is 9.47 Å². The molecule has 0 radical (unpaired) electrons. The molecule has 0 spiro atoms. The van der Waals surface area contributed by atoms with Gasteiger partial charge in [0.2, 0.25) is 0 Å². The lowest BCUT2D eigenvalue weighted by Crippen LogP contribution is -2.18. The third kappa shape index (κ3) is 3.15. The van der Waals surface area contributed by atoms with Crippen LogP contribution in [0.25, 0.3) is 0 Å². The van der Waals surface area contributed by atoms with Gasteiger partial charge < -0.3 is 15.2 Å². The number of hydrogen-bond acceptors (Lipinski definition) is 3. The highest BCUT2D eigenvalue weighted by Crippen LogP contribution is 2.24. The molecule has 18 heavy (non-hydrogen) atoms. The Labute approximate surface area is 112 Å². The van der Waals surface area contributed by atoms with Gasteiger partial charge in [0.25, 0.3) is 0 Å². The Morgan fingerprint density at radius 1 is 1.56 bits per heavy atom. The van der Waals surface area contributed by atoms with Crippen LogP contribution in [-0.4, -0.2) is 24.7 Å². The van der Waals surface area contributed by atoms with E-state index < -0.39 is 0 Å². The van der Waals surface area contributed by atoms with E-state index in [2.05, 4.69) is 6.92 Å². The van der Waals surface area contributed by atoms with Gasteiger partial charge in [-0.25, -0.2) is 0 Å². The number of ether oxygens (including phenoxy) is 2. The zero-order valence-electron chi connectivity index (χ0n) is 10.3. The molecule has 1 aromatic rings. The predicted molar refractivity (Wildman–Crippen MR) is 71.5 cm³/mol. The number of rotatable bonds is 4. The Balaban J connectivity index is 1.94. The second kappa shape index (κ2) is 5.59. The molecule has 2 unspecified atom stereocenters. The van der Waals surface area contributed by atoms with Crippen molar-refractivity contribution >= 4 is 17.4 Å². The van der Waals surface area contributed by atoms with Crippen molar-refractivity contribution in [2.45, 2.75) is 32.0 Å². The minimum atomic E-state index is -0.0421. The quantitative estimate of drug-likeness (QED) is 0.651. The van der Waals surface area contributed by atoms with Gasteiger partial charge in [-0.15, -0.1) is 0 Å². The molecule has 0 saturated carbocycles. The second-order valence-electron chi connectivity index (χ2n) is 4.51. The molecule has 1 fully saturated rings. The molecule has 1 saturated heterocycles. The summed E-state index contributed by atoms with van der Waals surface area (Å²) in [5.41, 5.74) is 5.91. The van der Waals surface area contributed by atoms with E-state index in [-0.39, 0.29) is 11.9 Å². The molecule has 2 rings (SSSR count). The fourth-order valence-corrected chi connectivity index (χ4v) is 2.27. The third-order valence-electron chi connectivity index (χ3n) is 2.99. The topological polar surface area (TPSA) is 68.3 Å². The highest BCUT2D eigenvalue weighted by atomic mass is 35.5. The molecule has 2 atom stereocenters. The van der Waals surface area contributed by atoms with Gasteiger partial charge in [-0.1, -0.05) is 11.6 Å². The van der Waals surface area contributed by atoms with Crippen molar-refractivity contribution in [3.63, 3.8) is 0 Å². The summed E-state index contributed by atoms with van der Waals surface area (Å²) < 4.78 is 11.3. The molecular weight excluding hydrogens is 252 g/mol. The Morgan fingerprint density at radius 2 is 2.33 bits per heavy atom. The molecule has 1 aliphatic heterocycles. The van der Waals surface area contributed by atoms with E-state index in [1.165, 1.54) is 0 Å². The maximum Gasteiger partial charge on any atom is 0.124 e. The normalized spacial score (nSPS) is 23.0. The fourth-order valence-electron chi connectivity index (χ4n) is 2.00. The minimum absolute atomic E-state index is 0.0421. The van der Waals surface area contributed by atoms with Gasteiger partial charge in [0, 0.05) is 5.56 Å². The Hall–Kier alpha value is -1.26. The maximum absolute atomic E-state index is 7.34. The van der Waals surface area contributed by atoms with E-state index in [1.54, 1.807) is 18.2 Å². The molecule has 0 aliphatic carbocycles. The van der Waals surface area contributed by atoms with Crippen LogP contribution >= 0.6 is 11.6 Å². The molecular formula is C13H17ClN2O2. The van der Waals surface area contributed by atoms with Gasteiger partial charge in [0.1, 0.15) is 18.2 Å². The average Bonchev–Trinajstić information content (AvgIpc) is 2.72. The van der Waals surface area contributed by atoms with Crippen molar-refractivity contribution in [2.24, 2.45) is 5.73 Å². The van der Waals surface area contributed by atoms with Gasteiger partial charge in [-0.3, -0.25) is 5.41 Å². The molecule has 3 N–H and O–H groups in total. The van der Waals surface area contributed by atoms with E-state index in [0.29, 0.717) is 29.0 Å². The Morgan fingerprint density at radius 3 is 2.89 bits per heavy atom. The van der Waals surface area contributed by atoms with Crippen LogP contribution in [0.3, 0.4) is 0 Å². The summed E-state index contributed by atoms with van der Waals surface area (Å²) in [4.78, 5) is 0. The van der Waals surface area contributed by atoms with E-state index in [9.17, 15) is 0 Å². The van der Waals surface area contributed by atoms with Crippen molar-refractivity contribution in [1.29, 1.82) is 5.41 Å². The van der Waals surface area contributed by atoms with Gasteiger partial charge in [-0.2, -0.15) is 0 Å². The molecule has 1 aromatic carbocycles. The fraction of sp³-hybridized carbons (Fsp3) is 0.462. The number of nitrogens with two attached hydrogens (primary N) is 1. The smallest absolute Gasteiger partial charge is 0.124 e. The standard InChI is InChI=1S/C13H17ClN2O2/c1-8-2-3-10(18-8)7-17-9-4-5-11(13(15)16)12(14)6-9/h4-6,8,10H,2-3,7H2,1H3,(H3,15,16). The molecule has 5 heteroatoms. The summed E-state index contributed by atoms with van der Waals surface area (Å²) in [5.74, 6) is 0.632. The summed E-state index contributed by atoms with van der Waals surface area (Å²) in [5, 5.41) is 7.77. The first-order chi connectivity index (χ1) is 8.56. The van der Waals surface area contributed by atoms with E-state index in [0.717, 1.165) is 12.8 Å². The van der Waals surface area contributed by atoms with Crippen LogP contribution in [0.2, 0.25) is 5.02 Å². The number of nitrogens with one attached hydrogen (secondary N) is 1. The van der Waals surface area contributed by atoms with Crippen LogP contribution in [0, 0.1) is 5.41 Å². The van der Waals surface area contributed by atoms with Crippen LogP contribution in [0.1, 0.15) is 25.3 Å². The summed E-state index contributed by atoms with van der Waals surface area (Å²) in [6, 6.07) is 5.13. The first kappa shape index (κ1) is 13.2. The van der Waals surface area contributed by atoms with E-state index in [1.807, 2.05) is 0 Å². The van der Waals surface area contributed by atoms with Crippen LogP contribution in [-0.2, 0) is 4.74 Å². The SMILES string of the molecule is CC1CCC(COc2ccc(C(=N)N)c(Cl)c2)O1. The van der Waals surface area contributed by atoms with Crippen LogP contribution in [0.4, 0.5) is 0 Å². The monoisotopic (exact) mass is 268 g/mol. The zero-order valence-corrected chi connectivity index (χ0v) is 11.0. The highest BCUT2D eigenvalue weighted by Gasteiger charge is 2.22. The van der Waals surface area contributed by atoms with E-state index in [4.69, 9.17) is 32.2 Å². The van der Waals surface area contributed by atoms with E-state index >= 15 is 0 Å². The maximum atomic E-state index is 7.34. The van der Waals surface area contributed by atoms with Crippen molar-refractivity contribution in [1.82, 2.24) is 0 Å². The third-order valence-corrected chi connectivity index (χ3v) is 3.30. The summed E-state index contributed by atoms with van der Waals surface area (Å²) in [6.45, 7) is 2.60. The van der Waals surface area contributed by atoms with Crippen molar-refractivity contribution in [2.75, 3.05) is 6.61 Å². The summed E-state index contributed by atoms with van der Waals surface area (Å²) >= 11 is 6.01. The first-order valence-corrected chi connectivity index (χ1v) is 6.36. The molecule has 1 heterocycles. The van der Waals surface area contributed by atoms with Crippen molar-refractivity contribution in [3.8, 4) is 5.75 Å². The molecule has 0 amide bonds. The first-order valence-electron chi connectivity index (χ1n) is 5.98. The number of nitrogen functional groups attached to an aromatic ring is 1. The largest absolute Gasteiger partial charge is 0.491 e. The number of benzene rings is 1. The molecule has 4 nitrogen and oxygen atoms in total. The lowest BCUT2D eigenvalue weighted by molar-refractivity contribution is 0.0264. The van der Waals surface area contributed by atoms with Crippen LogP contribution in [0.5, 0.6) is 5.75 Å². The summed E-state index contributed by atoms with van der Waals surface area (Å²) in [7, 11) is 0. The van der Waals surface area contributed by atoms with Gasteiger partial charge >= 0.3 is 0 Å². The molecule has 0 bridgehead atoms. The zero-order chi connectivity index (χ0) is 13.1. The lowest BCUT2D eigenvalue weighted by atomic mass is 10.2. The van der Waals surface area contributed by atoms with Crippen LogP contribution in [0.15, 0.2) is 18.2 Å². The van der Waals surface area contributed by atoms with Crippen molar-refractivity contribution in [3.05, 3.63) is 28.8 Å².